The predicted molar refractivity (Wildman–Crippen MR) is 61.8 cm³/mol. The summed E-state index contributed by atoms with van der Waals surface area (Å²) in [6.45, 7) is 0. The van der Waals surface area contributed by atoms with Crippen LogP contribution in [0.15, 0.2) is 30.3 Å². The van der Waals surface area contributed by atoms with Crippen LogP contribution in [0.4, 0.5) is 48.3 Å². The maximum absolute atomic E-state index is 13.6. The monoisotopic (exact) mass is 402 g/mol. The Balaban J connectivity index is 3.18. The minimum atomic E-state index is -7.13. The number of halogens is 11. The van der Waals surface area contributed by atoms with E-state index in [9.17, 15) is 48.3 Å². The zero-order chi connectivity index (χ0) is 20.4. The largest absolute Gasteiger partial charge is 0.462 e. The molecular formula is C13H5F11O2. The van der Waals surface area contributed by atoms with Crippen LogP contribution in [0.25, 0.3) is 0 Å². The van der Waals surface area contributed by atoms with Crippen molar-refractivity contribution in [2.45, 2.75) is 30.2 Å². The van der Waals surface area contributed by atoms with Gasteiger partial charge in [-0.2, -0.15) is 48.3 Å². The maximum atomic E-state index is 13.6. The highest BCUT2D eigenvalue weighted by Gasteiger charge is 2.78. The molecule has 0 saturated carbocycles. The molecule has 0 fully saturated rings. The maximum Gasteiger partial charge on any atom is 0.462 e. The van der Waals surface area contributed by atoms with Gasteiger partial charge < -0.3 is 4.74 Å². The lowest BCUT2D eigenvalue weighted by molar-refractivity contribution is -0.471. The molecule has 0 aliphatic heterocycles. The molecule has 0 aliphatic carbocycles. The number of para-hydroxylation sites is 1. The van der Waals surface area contributed by atoms with E-state index in [4.69, 9.17) is 0 Å². The van der Waals surface area contributed by atoms with Gasteiger partial charge in [0.15, 0.2) is 0 Å². The van der Waals surface area contributed by atoms with Crippen LogP contribution in [0, 0.1) is 12.0 Å². The summed E-state index contributed by atoms with van der Waals surface area (Å²) >= 11 is 0. The molecule has 1 unspecified atom stereocenters. The second-order valence-corrected chi connectivity index (χ2v) is 4.43. The second kappa shape index (κ2) is 6.82. The van der Waals surface area contributed by atoms with Gasteiger partial charge in [0, 0.05) is 5.92 Å². The third kappa shape index (κ3) is 4.48. The van der Waals surface area contributed by atoms with E-state index in [0.717, 1.165) is 18.2 Å². The molecule has 0 N–H and O–H groups in total. The molecule has 0 amide bonds. The molecule has 0 saturated heterocycles. The van der Waals surface area contributed by atoms with Crippen molar-refractivity contribution >= 4 is 0 Å². The SMILES string of the molecule is FC(F)(F)C(F)(C#COc1ccccc1)OC(F)(F)C(F)(F)C(F)(F)F. The molecule has 0 radical (unpaired) electrons. The quantitative estimate of drug-likeness (QED) is 0.518. The Morgan fingerprint density at radius 1 is 0.692 bits per heavy atom. The summed E-state index contributed by atoms with van der Waals surface area (Å²) in [5, 5.41) is 0. The molecular weight excluding hydrogens is 397 g/mol. The number of alkyl halides is 11. The summed E-state index contributed by atoms with van der Waals surface area (Å²) in [4.78, 5) is 0. The van der Waals surface area contributed by atoms with E-state index in [-0.39, 0.29) is 5.75 Å². The summed E-state index contributed by atoms with van der Waals surface area (Å²) in [7, 11) is 0. The van der Waals surface area contributed by atoms with Gasteiger partial charge >= 0.3 is 30.2 Å². The van der Waals surface area contributed by atoms with Gasteiger partial charge in [-0.15, -0.1) is 0 Å². The molecule has 0 aliphatic rings. The van der Waals surface area contributed by atoms with Crippen LogP contribution in [0.2, 0.25) is 0 Å². The lowest BCUT2D eigenvalue weighted by Gasteiger charge is -2.32. The van der Waals surface area contributed by atoms with Crippen molar-refractivity contribution in [2.24, 2.45) is 0 Å². The van der Waals surface area contributed by atoms with Crippen LogP contribution in [-0.2, 0) is 4.74 Å². The molecule has 0 aromatic heterocycles. The zero-order valence-corrected chi connectivity index (χ0v) is 11.9. The third-order valence-electron chi connectivity index (χ3n) is 2.48. The number of rotatable bonds is 4. The van der Waals surface area contributed by atoms with Gasteiger partial charge in [0.1, 0.15) is 11.9 Å². The molecule has 13 heteroatoms. The predicted octanol–water partition coefficient (Wildman–Crippen LogP) is 5.06. The summed E-state index contributed by atoms with van der Waals surface area (Å²) < 4.78 is 144. The summed E-state index contributed by atoms with van der Waals surface area (Å²) in [6, 6.07) is 6.12. The van der Waals surface area contributed by atoms with Gasteiger partial charge in [-0.25, -0.2) is 0 Å². The Labute approximate surface area is 137 Å². The van der Waals surface area contributed by atoms with Crippen molar-refractivity contribution in [3.05, 3.63) is 30.3 Å². The van der Waals surface area contributed by atoms with E-state index in [1.54, 1.807) is 0 Å². The standard InChI is InChI=1S/C13H5F11O2/c14-9(11(17,18)19,6-7-25-8-4-2-1-3-5-8)26-13(23,24)10(15,16)12(20,21)22/h1-5H. The van der Waals surface area contributed by atoms with Crippen LogP contribution in [-0.4, -0.2) is 30.2 Å². The van der Waals surface area contributed by atoms with Crippen LogP contribution in [0.1, 0.15) is 0 Å². The first kappa shape index (κ1) is 21.8. The van der Waals surface area contributed by atoms with E-state index in [1.807, 2.05) is 0 Å². The highest BCUT2D eigenvalue weighted by molar-refractivity contribution is 5.24. The Bertz CT molecular complexity index is 669. The van der Waals surface area contributed by atoms with Crippen molar-refractivity contribution in [1.29, 1.82) is 0 Å². The smallest absolute Gasteiger partial charge is 0.407 e. The first-order valence-electron chi connectivity index (χ1n) is 6.06. The van der Waals surface area contributed by atoms with Crippen molar-refractivity contribution in [2.75, 3.05) is 0 Å². The molecule has 0 heterocycles. The molecule has 146 valence electrons. The Kier molecular flexibility index (Phi) is 5.72. The molecule has 26 heavy (non-hydrogen) atoms. The molecule has 0 spiro atoms. The lowest BCUT2D eigenvalue weighted by Crippen LogP contribution is -2.58. The second-order valence-electron chi connectivity index (χ2n) is 4.43. The Hall–Kier alpha value is -2.23. The highest BCUT2D eigenvalue weighted by Crippen LogP contribution is 2.50. The lowest BCUT2D eigenvalue weighted by atomic mass is 10.2. The molecule has 1 atom stereocenters. The minimum Gasteiger partial charge on any atom is -0.407 e. The van der Waals surface area contributed by atoms with Gasteiger partial charge in [-0.3, -0.25) is 4.74 Å². The van der Waals surface area contributed by atoms with Crippen molar-refractivity contribution in [1.82, 2.24) is 0 Å². The average molecular weight is 402 g/mol. The van der Waals surface area contributed by atoms with Crippen LogP contribution < -0.4 is 4.74 Å². The van der Waals surface area contributed by atoms with E-state index in [1.165, 1.54) is 18.2 Å². The molecule has 1 aromatic rings. The highest BCUT2D eigenvalue weighted by atomic mass is 19.4. The number of hydrogen-bond donors (Lipinski definition) is 0. The fourth-order valence-electron chi connectivity index (χ4n) is 1.20. The van der Waals surface area contributed by atoms with E-state index >= 15 is 0 Å². The van der Waals surface area contributed by atoms with Crippen LogP contribution >= 0.6 is 0 Å². The minimum absolute atomic E-state index is 0.297. The molecule has 2 nitrogen and oxygen atoms in total. The summed E-state index contributed by atoms with van der Waals surface area (Å²) in [6.07, 6.45) is -19.6. The molecule has 0 bridgehead atoms. The first-order chi connectivity index (χ1) is 11.5. The fraction of sp³-hybridized carbons (Fsp3) is 0.385. The number of ether oxygens (including phenoxy) is 2. The fourth-order valence-corrected chi connectivity index (χ4v) is 1.20. The Morgan fingerprint density at radius 2 is 1.19 bits per heavy atom. The first-order valence-corrected chi connectivity index (χ1v) is 6.06. The van der Waals surface area contributed by atoms with Gasteiger partial charge in [-0.1, -0.05) is 18.2 Å². The van der Waals surface area contributed by atoms with E-state index in [0.29, 0.717) is 5.92 Å². The van der Waals surface area contributed by atoms with Crippen LogP contribution in [0.3, 0.4) is 0 Å². The van der Waals surface area contributed by atoms with Gasteiger partial charge in [0.2, 0.25) is 0 Å². The van der Waals surface area contributed by atoms with E-state index in [2.05, 4.69) is 9.47 Å². The average Bonchev–Trinajstić information content (AvgIpc) is 2.45. The third-order valence-corrected chi connectivity index (χ3v) is 2.48. The number of benzene rings is 1. The van der Waals surface area contributed by atoms with Crippen LogP contribution in [0.5, 0.6) is 5.75 Å². The summed E-state index contributed by atoms with van der Waals surface area (Å²) in [5.74, 6) is -13.0. The normalized spacial score (nSPS) is 15.7. The van der Waals surface area contributed by atoms with Crippen molar-refractivity contribution < 1.29 is 57.8 Å². The van der Waals surface area contributed by atoms with Gasteiger partial charge in [0.05, 0.1) is 0 Å². The molecule has 1 aromatic carbocycles. The van der Waals surface area contributed by atoms with Gasteiger partial charge in [-0.05, 0) is 12.1 Å². The van der Waals surface area contributed by atoms with E-state index < -0.39 is 30.2 Å². The number of hydrogen-bond acceptors (Lipinski definition) is 2. The topological polar surface area (TPSA) is 18.5 Å². The zero-order valence-electron chi connectivity index (χ0n) is 11.9. The van der Waals surface area contributed by atoms with Gasteiger partial charge in [0.25, 0.3) is 0 Å². The van der Waals surface area contributed by atoms with Crippen molar-refractivity contribution in [3.63, 3.8) is 0 Å². The Morgan fingerprint density at radius 3 is 1.62 bits per heavy atom. The molecule has 1 rings (SSSR count). The summed E-state index contributed by atoms with van der Waals surface area (Å²) in [5.41, 5.74) is 0. The van der Waals surface area contributed by atoms with Crippen molar-refractivity contribution in [3.8, 4) is 17.8 Å².